The second-order valence-electron chi connectivity index (χ2n) is 6.06. The lowest BCUT2D eigenvalue weighted by Gasteiger charge is -2.09. The fourth-order valence-electron chi connectivity index (χ4n) is 2.55. The van der Waals surface area contributed by atoms with Crippen LogP contribution in [0.25, 0.3) is 0 Å². The highest BCUT2D eigenvalue weighted by atomic mass is 35.5. The van der Waals surface area contributed by atoms with Crippen molar-refractivity contribution >= 4 is 51.4 Å². The Morgan fingerprint density at radius 1 is 1.07 bits per heavy atom. The van der Waals surface area contributed by atoms with Crippen LogP contribution in [0.3, 0.4) is 0 Å². The number of nitrogens with zero attached hydrogens (tertiary/aromatic N) is 1. The van der Waals surface area contributed by atoms with E-state index >= 15 is 0 Å². The van der Waals surface area contributed by atoms with Gasteiger partial charge in [-0.3, -0.25) is 10.1 Å². The van der Waals surface area contributed by atoms with Gasteiger partial charge in [-0.05, 0) is 36.8 Å². The van der Waals surface area contributed by atoms with Crippen molar-refractivity contribution in [2.45, 2.75) is 13.3 Å². The van der Waals surface area contributed by atoms with Gasteiger partial charge in [-0.25, -0.2) is 9.78 Å². The van der Waals surface area contributed by atoms with Crippen LogP contribution in [-0.4, -0.2) is 24.0 Å². The van der Waals surface area contributed by atoms with Crippen molar-refractivity contribution in [1.29, 1.82) is 0 Å². The molecule has 3 amide bonds. The average Bonchev–Trinajstić information content (AvgIpc) is 3.12. The maximum atomic E-state index is 12.3. The number of nitrogens with one attached hydrogen (secondary N) is 3. The van der Waals surface area contributed by atoms with Crippen LogP contribution in [0.1, 0.15) is 11.3 Å². The molecule has 0 aliphatic rings. The van der Waals surface area contributed by atoms with E-state index in [9.17, 15) is 9.59 Å². The lowest BCUT2D eigenvalue weighted by atomic mass is 10.2. The van der Waals surface area contributed by atoms with E-state index in [2.05, 4.69) is 20.9 Å². The van der Waals surface area contributed by atoms with Crippen LogP contribution < -0.4 is 20.7 Å². The molecule has 9 heteroatoms. The number of amides is 3. The van der Waals surface area contributed by atoms with Gasteiger partial charge in [-0.15, -0.1) is 11.3 Å². The number of aromatic nitrogens is 1. The number of urea groups is 1. The molecule has 0 saturated heterocycles. The Hall–Kier alpha value is -3.10. The van der Waals surface area contributed by atoms with E-state index < -0.39 is 6.03 Å². The Morgan fingerprint density at radius 3 is 2.62 bits per heavy atom. The van der Waals surface area contributed by atoms with E-state index in [-0.39, 0.29) is 12.3 Å². The van der Waals surface area contributed by atoms with Crippen LogP contribution >= 0.6 is 22.9 Å². The van der Waals surface area contributed by atoms with Gasteiger partial charge in [0.1, 0.15) is 5.75 Å². The molecule has 0 spiro atoms. The summed E-state index contributed by atoms with van der Waals surface area (Å²) in [5.74, 6) is 0.334. The van der Waals surface area contributed by atoms with Gasteiger partial charge in [0, 0.05) is 16.1 Å². The third kappa shape index (κ3) is 5.46. The summed E-state index contributed by atoms with van der Waals surface area (Å²) < 4.78 is 5.20. The van der Waals surface area contributed by atoms with E-state index in [0.29, 0.717) is 33.0 Å². The molecule has 29 heavy (non-hydrogen) atoms. The van der Waals surface area contributed by atoms with Gasteiger partial charge in [-0.1, -0.05) is 29.8 Å². The summed E-state index contributed by atoms with van der Waals surface area (Å²) in [6.07, 6.45) is 0.0816. The molecule has 0 atom stereocenters. The number of carbonyl (C=O) groups is 2. The predicted molar refractivity (Wildman–Crippen MR) is 116 cm³/mol. The van der Waals surface area contributed by atoms with Crippen molar-refractivity contribution in [3.63, 3.8) is 0 Å². The number of thiazole rings is 1. The fraction of sp³-hybridized carbons (Fsp3) is 0.150. The Morgan fingerprint density at radius 2 is 1.83 bits per heavy atom. The molecule has 0 aliphatic heterocycles. The van der Waals surface area contributed by atoms with Crippen LogP contribution in [0.5, 0.6) is 5.75 Å². The minimum absolute atomic E-state index is 0.0816. The number of carbonyl (C=O) groups excluding carboxylic acids is 2. The third-order valence-electron chi connectivity index (χ3n) is 4.01. The number of ether oxygens (including phenoxy) is 1. The number of rotatable bonds is 6. The van der Waals surface area contributed by atoms with Crippen molar-refractivity contribution in [3.8, 4) is 5.75 Å². The summed E-state index contributed by atoms with van der Waals surface area (Å²) in [4.78, 5) is 28.8. The topological polar surface area (TPSA) is 92.3 Å². The van der Waals surface area contributed by atoms with Gasteiger partial charge in [0.25, 0.3) is 0 Å². The number of hydrogen-bond acceptors (Lipinski definition) is 5. The lowest BCUT2D eigenvalue weighted by molar-refractivity contribution is -0.115. The van der Waals surface area contributed by atoms with Crippen molar-refractivity contribution in [2.24, 2.45) is 0 Å². The molecule has 3 aromatic rings. The Bertz CT molecular complexity index is 1040. The van der Waals surface area contributed by atoms with E-state index in [1.807, 2.05) is 13.0 Å². The molecular formula is C20H19ClN4O3S. The van der Waals surface area contributed by atoms with E-state index in [1.54, 1.807) is 41.8 Å². The Labute approximate surface area is 177 Å². The number of benzene rings is 2. The Balaban J connectivity index is 1.57. The fourth-order valence-corrected chi connectivity index (χ4v) is 3.43. The van der Waals surface area contributed by atoms with Crippen molar-refractivity contribution in [1.82, 2.24) is 4.98 Å². The first-order valence-electron chi connectivity index (χ1n) is 8.66. The summed E-state index contributed by atoms with van der Waals surface area (Å²) in [6, 6.07) is 12.0. The largest absolute Gasteiger partial charge is 0.495 e. The first-order chi connectivity index (χ1) is 14.0. The monoisotopic (exact) mass is 430 g/mol. The van der Waals surface area contributed by atoms with Crippen molar-refractivity contribution < 1.29 is 14.3 Å². The van der Waals surface area contributed by atoms with Crippen LogP contribution in [0.15, 0.2) is 47.8 Å². The first kappa shape index (κ1) is 20.6. The minimum atomic E-state index is -0.450. The van der Waals surface area contributed by atoms with E-state index in [1.165, 1.54) is 18.4 Å². The van der Waals surface area contributed by atoms with Gasteiger partial charge in [0.2, 0.25) is 5.91 Å². The van der Waals surface area contributed by atoms with Gasteiger partial charge in [0.05, 0.1) is 24.9 Å². The average molecular weight is 431 g/mol. The smallest absolute Gasteiger partial charge is 0.325 e. The summed E-state index contributed by atoms with van der Waals surface area (Å²) in [7, 11) is 1.53. The van der Waals surface area contributed by atoms with Gasteiger partial charge >= 0.3 is 6.03 Å². The number of hydrogen-bond donors (Lipinski definition) is 3. The maximum Gasteiger partial charge on any atom is 0.325 e. The van der Waals surface area contributed by atoms with Gasteiger partial charge in [0.15, 0.2) is 5.13 Å². The normalized spacial score (nSPS) is 10.3. The van der Waals surface area contributed by atoms with Crippen molar-refractivity contribution in [3.05, 3.63) is 64.1 Å². The highest BCUT2D eigenvalue weighted by Gasteiger charge is 2.12. The maximum absolute atomic E-state index is 12.3. The number of anilines is 3. The standard InChI is InChI=1S/C20H19ClN4O3S/c1-12-14(21)6-5-8-15(12)23-18(26)10-13-11-29-20(22-13)25-19(27)24-16-7-3-4-9-17(16)28-2/h3-9,11H,10H2,1-2H3,(H,23,26)(H2,22,24,25,27). The molecule has 0 saturated carbocycles. The second-order valence-corrected chi connectivity index (χ2v) is 7.33. The summed E-state index contributed by atoms with van der Waals surface area (Å²) in [5.41, 5.74) is 2.56. The molecule has 3 N–H and O–H groups in total. The van der Waals surface area contributed by atoms with Crippen LogP contribution in [0.4, 0.5) is 21.3 Å². The minimum Gasteiger partial charge on any atom is -0.495 e. The van der Waals surface area contributed by atoms with Crippen LogP contribution in [0, 0.1) is 6.92 Å². The molecule has 3 rings (SSSR count). The summed E-state index contributed by atoms with van der Waals surface area (Å²) >= 11 is 7.31. The lowest BCUT2D eigenvalue weighted by Crippen LogP contribution is -2.20. The second kappa shape index (κ2) is 9.40. The van der Waals surface area contributed by atoms with Crippen molar-refractivity contribution in [2.75, 3.05) is 23.1 Å². The molecule has 0 unspecified atom stereocenters. The number of para-hydroxylation sites is 2. The zero-order valence-electron chi connectivity index (χ0n) is 15.8. The van der Waals surface area contributed by atoms with Gasteiger partial charge in [-0.2, -0.15) is 0 Å². The van der Waals surface area contributed by atoms with E-state index in [0.717, 1.165) is 5.56 Å². The predicted octanol–water partition coefficient (Wildman–Crippen LogP) is 4.94. The molecule has 7 nitrogen and oxygen atoms in total. The molecule has 0 aliphatic carbocycles. The Kier molecular flexibility index (Phi) is 6.69. The molecule has 2 aromatic carbocycles. The molecule has 0 bridgehead atoms. The highest BCUT2D eigenvalue weighted by Crippen LogP contribution is 2.25. The molecular weight excluding hydrogens is 412 g/mol. The number of halogens is 1. The zero-order valence-corrected chi connectivity index (χ0v) is 17.4. The quantitative estimate of drug-likeness (QED) is 0.516. The van der Waals surface area contributed by atoms with Crippen LogP contribution in [0.2, 0.25) is 5.02 Å². The summed E-state index contributed by atoms with van der Waals surface area (Å²) in [6.45, 7) is 1.84. The first-order valence-corrected chi connectivity index (χ1v) is 9.92. The van der Waals surface area contributed by atoms with Gasteiger partial charge < -0.3 is 15.4 Å². The molecule has 150 valence electrons. The SMILES string of the molecule is COc1ccccc1NC(=O)Nc1nc(CC(=O)Nc2cccc(Cl)c2C)cs1. The third-order valence-corrected chi connectivity index (χ3v) is 5.23. The zero-order chi connectivity index (χ0) is 20.8. The van der Waals surface area contributed by atoms with E-state index in [4.69, 9.17) is 16.3 Å². The number of methoxy groups -OCH3 is 1. The molecule has 0 radical (unpaired) electrons. The molecule has 1 heterocycles. The highest BCUT2D eigenvalue weighted by molar-refractivity contribution is 7.14. The molecule has 0 fully saturated rings. The van der Waals surface area contributed by atoms with Crippen LogP contribution in [-0.2, 0) is 11.2 Å². The summed E-state index contributed by atoms with van der Waals surface area (Å²) in [5, 5.41) is 10.9. The molecule has 1 aromatic heterocycles.